The van der Waals surface area contributed by atoms with Crippen molar-refractivity contribution in [1.29, 1.82) is 0 Å². The Morgan fingerprint density at radius 1 is 0.875 bits per heavy atom. The van der Waals surface area contributed by atoms with E-state index in [9.17, 15) is 31.1 Å². The van der Waals surface area contributed by atoms with Gasteiger partial charge in [0.25, 0.3) is 5.91 Å². The van der Waals surface area contributed by atoms with Gasteiger partial charge in [-0.15, -0.1) is 0 Å². The van der Waals surface area contributed by atoms with Crippen LogP contribution in [-0.2, 0) is 12.4 Å². The summed E-state index contributed by atoms with van der Waals surface area (Å²) in [5.74, 6) is -1.12. The van der Waals surface area contributed by atoms with E-state index in [1.54, 1.807) is 0 Å². The minimum Gasteiger partial charge on any atom is -0.322 e. The second-order valence-electron chi connectivity index (χ2n) is 4.76. The van der Waals surface area contributed by atoms with Gasteiger partial charge in [-0.2, -0.15) is 26.3 Å². The minimum atomic E-state index is -5.02. The highest BCUT2D eigenvalue weighted by Gasteiger charge is 2.37. The first kappa shape index (κ1) is 18.1. The molecular formula is C15H8ClF6NO. The van der Waals surface area contributed by atoms with E-state index >= 15 is 0 Å². The molecule has 0 saturated heterocycles. The van der Waals surface area contributed by atoms with Crippen molar-refractivity contribution >= 4 is 23.2 Å². The maximum Gasteiger partial charge on any atom is 0.416 e. The lowest BCUT2D eigenvalue weighted by molar-refractivity contribution is -0.143. The van der Waals surface area contributed by atoms with Gasteiger partial charge in [-0.3, -0.25) is 4.79 Å². The Morgan fingerprint density at radius 3 is 1.88 bits per heavy atom. The molecule has 24 heavy (non-hydrogen) atoms. The number of benzene rings is 2. The monoisotopic (exact) mass is 367 g/mol. The van der Waals surface area contributed by atoms with E-state index in [0.29, 0.717) is 12.1 Å². The van der Waals surface area contributed by atoms with Crippen LogP contribution >= 0.6 is 11.6 Å². The molecule has 2 nitrogen and oxygen atoms in total. The van der Waals surface area contributed by atoms with Crippen molar-refractivity contribution in [2.24, 2.45) is 0 Å². The average molecular weight is 368 g/mol. The second-order valence-corrected chi connectivity index (χ2v) is 5.20. The third kappa shape index (κ3) is 4.41. The predicted molar refractivity (Wildman–Crippen MR) is 75.9 cm³/mol. The van der Waals surface area contributed by atoms with Crippen LogP contribution in [0.1, 0.15) is 21.5 Å². The van der Waals surface area contributed by atoms with Gasteiger partial charge in [0.05, 0.1) is 11.1 Å². The highest BCUT2D eigenvalue weighted by Crippen LogP contribution is 2.36. The van der Waals surface area contributed by atoms with Crippen molar-refractivity contribution in [3.05, 3.63) is 64.2 Å². The van der Waals surface area contributed by atoms with Crippen molar-refractivity contribution in [3.63, 3.8) is 0 Å². The third-order valence-corrected chi connectivity index (χ3v) is 3.17. The Balaban J connectivity index is 2.43. The summed E-state index contributed by atoms with van der Waals surface area (Å²) in [7, 11) is 0. The van der Waals surface area contributed by atoms with E-state index in [2.05, 4.69) is 5.32 Å². The molecule has 0 unspecified atom stereocenters. The van der Waals surface area contributed by atoms with Crippen molar-refractivity contribution in [2.45, 2.75) is 12.4 Å². The molecule has 0 atom stereocenters. The van der Waals surface area contributed by atoms with Crippen LogP contribution in [-0.4, -0.2) is 5.91 Å². The summed E-state index contributed by atoms with van der Waals surface area (Å²) in [5, 5.41) is 2.44. The zero-order valence-electron chi connectivity index (χ0n) is 11.6. The molecule has 0 aromatic heterocycles. The molecule has 1 N–H and O–H groups in total. The molecule has 0 aliphatic rings. The molecule has 2 aromatic carbocycles. The second kappa shape index (κ2) is 6.35. The zero-order chi connectivity index (χ0) is 18.1. The van der Waals surface area contributed by atoms with E-state index in [4.69, 9.17) is 11.6 Å². The predicted octanol–water partition coefficient (Wildman–Crippen LogP) is 5.63. The summed E-state index contributed by atoms with van der Waals surface area (Å²) in [6.07, 6.45) is -10.0. The Morgan fingerprint density at radius 2 is 1.42 bits per heavy atom. The maximum atomic E-state index is 12.8. The Hall–Kier alpha value is -2.22. The van der Waals surface area contributed by atoms with E-state index in [0.717, 1.165) is 0 Å². The zero-order valence-corrected chi connectivity index (χ0v) is 12.4. The lowest BCUT2D eigenvalue weighted by Crippen LogP contribution is -2.17. The van der Waals surface area contributed by atoms with Crippen LogP contribution < -0.4 is 5.32 Å². The Labute approximate surface area is 137 Å². The van der Waals surface area contributed by atoms with Crippen LogP contribution in [0, 0.1) is 0 Å². The van der Waals surface area contributed by atoms with Crippen molar-refractivity contribution in [3.8, 4) is 0 Å². The molecule has 0 spiro atoms. The standard InChI is InChI=1S/C15H8ClF6NO/c16-11-2-1-3-12(7-11)23-13(24)8-4-9(14(17,18)19)6-10(5-8)15(20,21)22/h1-7H,(H,23,24). The largest absolute Gasteiger partial charge is 0.416 e. The molecular weight excluding hydrogens is 360 g/mol. The van der Waals surface area contributed by atoms with Gasteiger partial charge in [0.15, 0.2) is 0 Å². The highest BCUT2D eigenvalue weighted by atomic mass is 35.5. The molecule has 128 valence electrons. The number of carbonyl (C=O) groups is 1. The molecule has 2 rings (SSSR count). The van der Waals surface area contributed by atoms with E-state index < -0.39 is 35.0 Å². The molecule has 0 bridgehead atoms. The molecule has 0 fully saturated rings. The van der Waals surface area contributed by atoms with Crippen LogP contribution in [0.25, 0.3) is 0 Å². The molecule has 2 aromatic rings. The van der Waals surface area contributed by atoms with Crippen LogP contribution in [0.4, 0.5) is 32.0 Å². The van der Waals surface area contributed by atoms with Crippen LogP contribution in [0.3, 0.4) is 0 Å². The van der Waals surface area contributed by atoms with Gasteiger partial charge >= 0.3 is 12.4 Å². The lowest BCUT2D eigenvalue weighted by Gasteiger charge is -2.14. The van der Waals surface area contributed by atoms with Crippen LogP contribution in [0.2, 0.25) is 5.02 Å². The number of amides is 1. The molecule has 1 amide bonds. The van der Waals surface area contributed by atoms with Gasteiger partial charge in [-0.05, 0) is 36.4 Å². The van der Waals surface area contributed by atoms with Crippen molar-refractivity contribution < 1.29 is 31.1 Å². The first-order chi connectivity index (χ1) is 11.0. The fraction of sp³-hybridized carbons (Fsp3) is 0.133. The van der Waals surface area contributed by atoms with Gasteiger partial charge in [-0.1, -0.05) is 17.7 Å². The summed E-state index contributed by atoms with van der Waals surface area (Å²) in [4.78, 5) is 12.0. The molecule has 0 aliphatic carbocycles. The Kier molecular flexibility index (Phi) is 4.80. The smallest absolute Gasteiger partial charge is 0.322 e. The number of hydrogen-bond acceptors (Lipinski definition) is 1. The highest BCUT2D eigenvalue weighted by molar-refractivity contribution is 6.30. The first-order valence-corrected chi connectivity index (χ1v) is 6.71. The minimum absolute atomic E-state index is 0.0455. The van der Waals surface area contributed by atoms with Gasteiger partial charge < -0.3 is 5.32 Å². The molecule has 0 aliphatic heterocycles. The first-order valence-electron chi connectivity index (χ1n) is 6.33. The summed E-state index contributed by atoms with van der Waals surface area (Å²) in [5.41, 5.74) is -3.75. The average Bonchev–Trinajstić information content (AvgIpc) is 2.45. The van der Waals surface area contributed by atoms with Crippen molar-refractivity contribution in [2.75, 3.05) is 5.32 Å². The lowest BCUT2D eigenvalue weighted by atomic mass is 10.0. The number of halogens is 7. The van der Waals surface area contributed by atoms with Gasteiger partial charge in [0, 0.05) is 16.3 Å². The van der Waals surface area contributed by atoms with E-state index in [1.165, 1.54) is 24.3 Å². The van der Waals surface area contributed by atoms with E-state index in [1.807, 2.05) is 0 Å². The SMILES string of the molecule is O=C(Nc1cccc(Cl)c1)c1cc(C(F)(F)F)cc(C(F)(F)F)c1. The summed E-state index contributed by atoms with van der Waals surface area (Å²) in [6.45, 7) is 0. The number of anilines is 1. The molecule has 0 heterocycles. The molecule has 9 heteroatoms. The van der Waals surface area contributed by atoms with Crippen LogP contribution in [0.15, 0.2) is 42.5 Å². The maximum absolute atomic E-state index is 12.8. The summed E-state index contributed by atoms with van der Waals surface area (Å²) >= 11 is 5.70. The van der Waals surface area contributed by atoms with E-state index in [-0.39, 0.29) is 16.8 Å². The van der Waals surface area contributed by atoms with Gasteiger partial charge in [-0.25, -0.2) is 0 Å². The Bertz CT molecular complexity index is 737. The number of carbonyl (C=O) groups excluding carboxylic acids is 1. The van der Waals surface area contributed by atoms with Crippen molar-refractivity contribution in [1.82, 2.24) is 0 Å². The number of hydrogen-bond donors (Lipinski definition) is 1. The van der Waals surface area contributed by atoms with Crippen LogP contribution in [0.5, 0.6) is 0 Å². The quantitative estimate of drug-likeness (QED) is 0.685. The number of rotatable bonds is 2. The van der Waals surface area contributed by atoms with Gasteiger partial charge in [0.1, 0.15) is 0 Å². The third-order valence-electron chi connectivity index (χ3n) is 2.93. The normalized spacial score (nSPS) is 12.1. The molecule has 0 saturated carbocycles. The fourth-order valence-corrected chi connectivity index (χ4v) is 2.05. The molecule has 0 radical (unpaired) electrons. The number of nitrogens with one attached hydrogen (secondary N) is 1. The summed E-state index contributed by atoms with van der Waals surface area (Å²) < 4.78 is 76.6. The number of alkyl halides is 6. The summed E-state index contributed by atoms with van der Waals surface area (Å²) in [6, 6.07) is 6.31. The van der Waals surface area contributed by atoms with Gasteiger partial charge in [0.2, 0.25) is 0 Å². The fourth-order valence-electron chi connectivity index (χ4n) is 1.86. The topological polar surface area (TPSA) is 29.1 Å².